The third-order valence-electron chi connectivity index (χ3n) is 3.67. The lowest BCUT2D eigenvalue weighted by atomic mass is 10.1. The van der Waals surface area contributed by atoms with E-state index in [-0.39, 0.29) is 36.3 Å². The Morgan fingerprint density at radius 1 is 1.19 bits per heavy atom. The first kappa shape index (κ1) is 18.1. The highest BCUT2D eigenvalue weighted by atomic mass is 32.2. The van der Waals surface area contributed by atoms with Crippen molar-refractivity contribution in [2.24, 2.45) is 0 Å². The Morgan fingerprint density at radius 2 is 1.81 bits per heavy atom. The quantitative estimate of drug-likeness (QED) is 0.725. The Bertz CT molecular complexity index is 454. The number of carbonyl (C=O) groups excluding carboxylic acids is 2. The predicted octanol–water partition coefficient (Wildman–Crippen LogP) is 1.07. The average molecular weight is 318 g/mol. The number of piperidine rings is 1. The molecule has 0 spiro atoms. The molecule has 1 rings (SSSR count). The second kappa shape index (κ2) is 8.48. The van der Waals surface area contributed by atoms with E-state index in [1.54, 1.807) is 0 Å². The first-order valence-electron chi connectivity index (χ1n) is 7.61. The summed E-state index contributed by atoms with van der Waals surface area (Å²) < 4.78 is 25.6. The minimum atomic E-state index is -3.14. The van der Waals surface area contributed by atoms with E-state index in [1.807, 2.05) is 6.92 Å². The third-order valence-corrected chi connectivity index (χ3v) is 5.63. The molecule has 1 aliphatic rings. The zero-order chi connectivity index (χ0) is 15.9. The lowest BCUT2D eigenvalue weighted by Crippen LogP contribution is -2.47. The van der Waals surface area contributed by atoms with Crippen molar-refractivity contribution in [1.29, 1.82) is 0 Å². The van der Waals surface area contributed by atoms with Gasteiger partial charge < -0.3 is 10.1 Å². The fraction of sp³-hybridized carbons (Fsp3) is 0.857. The molecule has 1 fully saturated rings. The van der Waals surface area contributed by atoms with Crippen LogP contribution in [0.5, 0.6) is 0 Å². The molecule has 1 heterocycles. The Morgan fingerprint density at radius 3 is 2.33 bits per heavy atom. The topological polar surface area (TPSA) is 83.6 Å². The summed E-state index contributed by atoms with van der Waals surface area (Å²) in [6, 6.07) is 0.0158. The highest BCUT2D eigenvalue weighted by Crippen LogP contribution is 2.15. The van der Waals surface area contributed by atoms with Gasteiger partial charge in [0.05, 0.1) is 5.75 Å². The first-order chi connectivity index (χ1) is 9.85. The maximum absolute atomic E-state index is 12.1. The van der Waals surface area contributed by atoms with E-state index in [4.69, 9.17) is 0 Å². The summed E-state index contributed by atoms with van der Waals surface area (Å²) >= 11 is 0. The van der Waals surface area contributed by atoms with Crippen LogP contribution in [0, 0.1) is 0 Å². The van der Waals surface area contributed by atoms with Crippen molar-refractivity contribution in [2.75, 3.05) is 18.8 Å². The van der Waals surface area contributed by atoms with Crippen LogP contribution >= 0.6 is 0 Å². The highest BCUT2D eigenvalue weighted by molar-refractivity contribution is 7.89. The van der Waals surface area contributed by atoms with Gasteiger partial charge in [0.25, 0.3) is 0 Å². The molecular formula is C14H26N2O4S. The molecule has 7 heteroatoms. The SMILES string of the molecule is CCCCS(=O)(=O)N1CCC(NC(=O)CCC(C)=O)CC1. The molecule has 0 unspecified atom stereocenters. The van der Waals surface area contributed by atoms with Crippen molar-refractivity contribution < 1.29 is 18.0 Å². The van der Waals surface area contributed by atoms with Gasteiger partial charge in [0.1, 0.15) is 5.78 Å². The van der Waals surface area contributed by atoms with Gasteiger partial charge in [0.2, 0.25) is 15.9 Å². The second-order valence-electron chi connectivity index (χ2n) is 5.61. The number of nitrogens with one attached hydrogen (secondary N) is 1. The van der Waals surface area contributed by atoms with E-state index in [9.17, 15) is 18.0 Å². The van der Waals surface area contributed by atoms with Gasteiger partial charge in [0, 0.05) is 32.0 Å². The molecule has 1 saturated heterocycles. The Labute approximate surface area is 127 Å². The molecule has 6 nitrogen and oxygen atoms in total. The molecule has 0 aliphatic carbocycles. The smallest absolute Gasteiger partial charge is 0.220 e. The lowest BCUT2D eigenvalue weighted by Gasteiger charge is -2.31. The lowest BCUT2D eigenvalue weighted by molar-refractivity contribution is -0.125. The van der Waals surface area contributed by atoms with Gasteiger partial charge in [-0.1, -0.05) is 13.3 Å². The van der Waals surface area contributed by atoms with Crippen LogP contribution < -0.4 is 5.32 Å². The van der Waals surface area contributed by atoms with Gasteiger partial charge in [-0.25, -0.2) is 12.7 Å². The summed E-state index contributed by atoms with van der Waals surface area (Å²) in [6.07, 6.45) is 3.29. The van der Waals surface area contributed by atoms with E-state index >= 15 is 0 Å². The van der Waals surface area contributed by atoms with Crippen molar-refractivity contribution in [3.05, 3.63) is 0 Å². The average Bonchev–Trinajstić information content (AvgIpc) is 2.43. The van der Waals surface area contributed by atoms with Crippen molar-refractivity contribution in [2.45, 2.75) is 58.4 Å². The largest absolute Gasteiger partial charge is 0.353 e. The van der Waals surface area contributed by atoms with E-state index in [0.29, 0.717) is 32.4 Å². The minimum Gasteiger partial charge on any atom is -0.353 e. The summed E-state index contributed by atoms with van der Waals surface area (Å²) in [5, 5.41) is 2.88. The number of rotatable bonds is 8. The van der Waals surface area contributed by atoms with Crippen molar-refractivity contribution in [3.8, 4) is 0 Å². The number of hydrogen-bond donors (Lipinski definition) is 1. The van der Waals surface area contributed by atoms with Crippen LogP contribution in [-0.4, -0.2) is 49.3 Å². The van der Waals surface area contributed by atoms with Gasteiger partial charge in [-0.15, -0.1) is 0 Å². The number of nitrogens with zero attached hydrogens (tertiary/aromatic N) is 1. The van der Waals surface area contributed by atoms with Crippen LogP contribution in [-0.2, 0) is 19.6 Å². The number of sulfonamides is 1. The van der Waals surface area contributed by atoms with E-state index in [1.165, 1.54) is 11.2 Å². The van der Waals surface area contributed by atoms with E-state index in [0.717, 1.165) is 6.42 Å². The highest BCUT2D eigenvalue weighted by Gasteiger charge is 2.27. The molecule has 1 N–H and O–H groups in total. The maximum Gasteiger partial charge on any atom is 0.220 e. The van der Waals surface area contributed by atoms with Crippen LogP contribution in [0.15, 0.2) is 0 Å². The summed E-state index contributed by atoms with van der Waals surface area (Å²) in [5.41, 5.74) is 0. The van der Waals surface area contributed by atoms with Gasteiger partial charge in [-0.2, -0.15) is 0 Å². The van der Waals surface area contributed by atoms with Crippen molar-refractivity contribution in [1.82, 2.24) is 9.62 Å². The van der Waals surface area contributed by atoms with Crippen LogP contribution in [0.3, 0.4) is 0 Å². The van der Waals surface area contributed by atoms with Crippen LogP contribution in [0.25, 0.3) is 0 Å². The molecule has 0 aromatic carbocycles. The summed E-state index contributed by atoms with van der Waals surface area (Å²) in [4.78, 5) is 22.5. The van der Waals surface area contributed by atoms with Crippen molar-refractivity contribution >= 4 is 21.7 Å². The molecule has 21 heavy (non-hydrogen) atoms. The Balaban J connectivity index is 2.35. The zero-order valence-corrected chi connectivity index (χ0v) is 13.7. The van der Waals surface area contributed by atoms with Gasteiger partial charge >= 0.3 is 0 Å². The van der Waals surface area contributed by atoms with Gasteiger partial charge in [-0.05, 0) is 26.2 Å². The molecule has 1 amide bonds. The Kier molecular flexibility index (Phi) is 7.31. The number of ketones is 1. The molecule has 0 aromatic heterocycles. The molecule has 0 bridgehead atoms. The first-order valence-corrected chi connectivity index (χ1v) is 9.22. The minimum absolute atomic E-state index is 0.00184. The molecule has 0 atom stereocenters. The zero-order valence-electron chi connectivity index (χ0n) is 12.9. The molecular weight excluding hydrogens is 292 g/mol. The van der Waals surface area contributed by atoms with E-state index in [2.05, 4.69) is 5.32 Å². The Hall–Kier alpha value is -0.950. The fourth-order valence-corrected chi connectivity index (χ4v) is 4.00. The fourth-order valence-electron chi connectivity index (χ4n) is 2.32. The summed E-state index contributed by atoms with van der Waals surface area (Å²) in [6.45, 7) is 4.36. The van der Waals surface area contributed by atoms with Gasteiger partial charge in [-0.3, -0.25) is 4.79 Å². The summed E-state index contributed by atoms with van der Waals surface area (Å²) in [5.74, 6) is 0.0820. The van der Waals surface area contributed by atoms with Crippen LogP contribution in [0.2, 0.25) is 0 Å². The molecule has 0 saturated carbocycles. The normalized spacial score (nSPS) is 17.6. The summed E-state index contributed by atoms with van der Waals surface area (Å²) in [7, 11) is -3.14. The monoisotopic (exact) mass is 318 g/mol. The van der Waals surface area contributed by atoms with Crippen LogP contribution in [0.1, 0.15) is 52.4 Å². The number of carbonyl (C=O) groups is 2. The number of amides is 1. The molecule has 1 aliphatic heterocycles. The van der Waals surface area contributed by atoms with Gasteiger partial charge in [0.15, 0.2) is 0 Å². The number of unbranched alkanes of at least 4 members (excludes halogenated alkanes) is 1. The number of hydrogen-bond acceptors (Lipinski definition) is 4. The number of Topliss-reactive ketones (excluding diaryl/α,β-unsaturated/α-hetero) is 1. The predicted molar refractivity (Wildman–Crippen MR) is 81.3 cm³/mol. The maximum atomic E-state index is 12.1. The molecule has 0 aromatic rings. The molecule has 122 valence electrons. The second-order valence-corrected chi connectivity index (χ2v) is 7.70. The van der Waals surface area contributed by atoms with Crippen molar-refractivity contribution in [3.63, 3.8) is 0 Å². The standard InChI is InChI=1S/C14H26N2O4S/c1-3-4-11-21(19,20)16-9-7-13(8-10-16)15-14(18)6-5-12(2)17/h13H,3-11H2,1-2H3,(H,15,18). The third kappa shape index (κ3) is 6.56. The molecule has 0 radical (unpaired) electrons. The van der Waals surface area contributed by atoms with E-state index < -0.39 is 10.0 Å². The van der Waals surface area contributed by atoms with Crippen LogP contribution in [0.4, 0.5) is 0 Å².